The Balaban J connectivity index is 3.48. The van der Waals surface area contributed by atoms with Crippen molar-refractivity contribution in [1.82, 2.24) is 0 Å². The van der Waals surface area contributed by atoms with Gasteiger partial charge in [-0.15, -0.1) is 0 Å². The highest BCUT2D eigenvalue weighted by atomic mass is 19.1. The predicted octanol–water partition coefficient (Wildman–Crippen LogP) is 1.88. The van der Waals surface area contributed by atoms with Crippen molar-refractivity contribution >= 4 is 5.78 Å². The van der Waals surface area contributed by atoms with Crippen LogP contribution in [0.4, 0.5) is 8.78 Å². The molecule has 0 amide bonds. The van der Waals surface area contributed by atoms with Crippen molar-refractivity contribution in [2.24, 2.45) is 5.73 Å². The van der Waals surface area contributed by atoms with Gasteiger partial charge in [0, 0.05) is 14.3 Å². The van der Waals surface area contributed by atoms with Crippen LogP contribution < -0.4 is 5.73 Å². The van der Waals surface area contributed by atoms with Crippen molar-refractivity contribution in [1.29, 1.82) is 0 Å². The first-order valence-corrected chi connectivity index (χ1v) is 3.61. The summed E-state index contributed by atoms with van der Waals surface area (Å²) in [6.45, 7) is -6.79. The quantitative estimate of drug-likeness (QED) is 0.749. The molecule has 0 aliphatic rings. The number of halogens is 2. The van der Waals surface area contributed by atoms with Crippen molar-refractivity contribution in [2.75, 3.05) is 0 Å². The summed E-state index contributed by atoms with van der Waals surface area (Å²) in [4.78, 5) is 12.1. The van der Waals surface area contributed by atoms with Crippen LogP contribution in [-0.2, 0) is 0 Å². The van der Waals surface area contributed by atoms with Gasteiger partial charge in [0.05, 0.1) is 11.1 Å². The molecule has 0 atom stereocenters. The third-order valence-corrected chi connectivity index (χ3v) is 1.53. The first kappa shape index (κ1) is 4.98. The molecule has 0 unspecified atom stereocenters. The Bertz CT molecular complexity index is 526. The molecule has 0 bridgehead atoms. The van der Waals surface area contributed by atoms with Gasteiger partial charge in [0.15, 0.2) is 5.78 Å². The average Bonchev–Trinajstić information content (AvgIpc) is 2.24. The smallest absolute Gasteiger partial charge is 0.184 e. The fourth-order valence-electron chi connectivity index (χ4n) is 0.886. The summed E-state index contributed by atoms with van der Waals surface area (Å²) in [6, 6.07) is 1.70. The molecule has 76 valence electrons. The second kappa shape index (κ2) is 3.46. The van der Waals surface area contributed by atoms with E-state index in [-0.39, 0.29) is 0 Å². The number of carbonyl (C=O) groups excluding carboxylic acids is 1. The van der Waals surface area contributed by atoms with Crippen molar-refractivity contribution in [3.63, 3.8) is 0 Å². The van der Waals surface area contributed by atoms with Crippen LogP contribution >= 0.6 is 0 Å². The fourth-order valence-corrected chi connectivity index (χ4v) is 0.886. The Morgan fingerprint density at radius 3 is 2.64 bits per heavy atom. The number of rotatable bonds is 2. The van der Waals surface area contributed by atoms with Gasteiger partial charge in [-0.3, -0.25) is 4.79 Å². The number of Topliss-reactive ketones (excluding diaryl/α,β-unsaturated/α-hetero) is 1. The molecule has 1 rings (SSSR count). The lowest BCUT2D eigenvalue weighted by atomic mass is 9.94. The van der Waals surface area contributed by atoms with Crippen molar-refractivity contribution in [3.8, 4) is 0 Å². The maximum Gasteiger partial charge on any atom is 0.184 e. The lowest BCUT2D eigenvalue weighted by Gasteiger charge is -2.16. The minimum Gasteiger partial charge on any atom is -0.319 e. The molecule has 1 aromatic rings. The average molecular weight is 205 g/mol. The number of hydrogen-bond acceptors (Lipinski definition) is 2. The van der Waals surface area contributed by atoms with Crippen molar-refractivity contribution in [3.05, 3.63) is 35.4 Å². The molecular formula is C10H11F2NO. The van der Waals surface area contributed by atoms with E-state index in [0.717, 1.165) is 0 Å². The molecule has 0 aliphatic carbocycles. The van der Waals surface area contributed by atoms with Gasteiger partial charge in [0.1, 0.15) is 11.6 Å². The zero-order valence-electron chi connectivity index (χ0n) is 13.0. The molecule has 4 heteroatoms. The van der Waals surface area contributed by atoms with E-state index in [1.165, 1.54) is 0 Å². The molecule has 1 aromatic carbocycles. The highest BCUT2D eigenvalue weighted by molar-refractivity contribution is 6.02. The molecule has 14 heavy (non-hydrogen) atoms. The summed E-state index contributed by atoms with van der Waals surface area (Å²) in [5, 5.41) is 0. The van der Waals surface area contributed by atoms with E-state index in [1.807, 2.05) is 0 Å². The zero-order valence-corrected chi connectivity index (χ0v) is 6.97. The summed E-state index contributed by atoms with van der Waals surface area (Å²) < 4.78 is 69.3. The summed E-state index contributed by atoms with van der Waals surface area (Å²) >= 11 is 0. The van der Waals surface area contributed by atoms with Gasteiger partial charge in [0.2, 0.25) is 0 Å². The molecule has 0 saturated carbocycles. The van der Waals surface area contributed by atoms with E-state index in [9.17, 15) is 13.6 Å². The van der Waals surface area contributed by atoms with Crippen LogP contribution in [0.2, 0.25) is 0 Å². The lowest BCUT2D eigenvalue weighted by molar-refractivity contribution is 0.0909. The van der Waals surface area contributed by atoms with Gasteiger partial charge in [-0.1, -0.05) is 0 Å². The maximum absolute atomic E-state index is 13.5. The van der Waals surface area contributed by atoms with Gasteiger partial charge in [-0.25, -0.2) is 8.78 Å². The topological polar surface area (TPSA) is 43.1 Å². The fraction of sp³-hybridized carbons (Fsp3) is 0.300. The summed E-state index contributed by atoms with van der Waals surface area (Å²) in [6.07, 6.45) is 0. The van der Waals surface area contributed by atoms with Crippen molar-refractivity contribution in [2.45, 2.75) is 19.2 Å². The van der Waals surface area contributed by atoms with E-state index in [2.05, 4.69) is 0 Å². The van der Waals surface area contributed by atoms with E-state index in [0.29, 0.717) is 18.2 Å². The van der Waals surface area contributed by atoms with E-state index < -0.39 is 42.2 Å². The van der Waals surface area contributed by atoms with Gasteiger partial charge in [-0.05, 0) is 25.8 Å². The van der Waals surface area contributed by atoms with Gasteiger partial charge >= 0.3 is 0 Å². The molecule has 0 fully saturated rings. The SMILES string of the molecule is [2H]C([2H])([2H])C(N)(C(=O)c1ccc(F)cc1F)C([2H])([2H])[2H]. The number of ketones is 1. The second-order valence-corrected chi connectivity index (χ2v) is 2.76. The zero-order chi connectivity index (χ0) is 15.9. The van der Waals surface area contributed by atoms with Gasteiger partial charge < -0.3 is 5.73 Å². The number of hydrogen-bond donors (Lipinski definition) is 1. The van der Waals surface area contributed by atoms with E-state index in [1.54, 1.807) is 0 Å². The Hall–Kier alpha value is -1.29. The number of nitrogens with two attached hydrogens (primary N) is 1. The standard InChI is InChI=1S/C10H11F2NO/c1-10(2,13)9(14)7-4-3-6(11)5-8(7)12/h3-5H,13H2,1-2H3/i1D3,2D3. The molecular weight excluding hydrogens is 188 g/mol. The molecule has 0 spiro atoms. The van der Waals surface area contributed by atoms with E-state index in [4.69, 9.17) is 14.0 Å². The lowest BCUT2D eigenvalue weighted by Crippen LogP contribution is -2.41. The minimum absolute atomic E-state index is 0.340. The summed E-state index contributed by atoms with van der Waals surface area (Å²) in [5.74, 6) is -4.00. The molecule has 0 heterocycles. The van der Waals surface area contributed by atoms with Crippen LogP contribution in [0, 0.1) is 11.6 Å². The Morgan fingerprint density at radius 1 is 1.50 bits per heavy atom. The third-order valence-electron chi connectivity index (χ3n) is 1.53. The Kier molecular flexibility index (Phi) is 1.23. The summed E-state index contributed by atoms with van der Waals surface area (Å²) in [7, 11) is 0. The number of benzene rings is 1. The Morgan fingerprint density at radius 2 is 2.14 bits per heavy atom. The molecule has 0 radical (unpaired) electrons. The van der Waals surface area contributed by atoms with Gasteiger partial charge in [-0.2, -0.15) is 0 Å². The predicted molar refractivity (Wildman–Crippen MR) is 49.0 cm³/mol. The van der Waals surface area contributed by atoms with Crippen LogP contribution in [-0.4, -0.2) is 11.3 Å². The normalized spacial score (nSPS) is 19.6. The van der Waals surface area contributed by atoms with Crippen LogP contribution in [0.3, 0.4) is 0 Å². The second-order valence-electron chi connectivity index (χ2n) is 2.76. The largest absolute Gasteiger partial charge is 0.319 e. The first-order valence-electron chi connectivity index (χ1n) is 6.61. The van der Waals surface area contributed by atoms with E-state index >= 15 is 0 Å². The maximum atomic E-state index is 13.5. The third kappa shape index (κ3) is 2.14. The monoisotopic (exact) mass is 205 g/mol. The molecule has 2 N–H and O–H groups in total. The highest BCUT2D eigenvalue weighted by Crippen LogP contribution is 2.15. The molecule has 0 aromatic heterocycles. The summed E-state index contributed by atoms with van der Waals surface area (Å²) in [5.41, 5.74) is 1.13. The van der Waals surface area contributed by atoms with Crippen LogP contribution in [0.25, 0.3) is 0 Å². The highest BCUT2D eigenvalue weighted by Gasteiger charge is 2.25. The Labute approximate surface area is 89.2 Å². The number of carbonyl (C=O) groups is 1. The minimum atomic E-state index is -3.39. The molecule has 2 nitrogen and oxygen atoms in total. The van der Waals surface area contributed by atoms with Crippen LogP contribution in [0.15, 0.2) is 18.2 Å². The van der Waals surface area contributed by atoms with Crippen molar-refractivity contribution < 1.29 is 21.8 Å². The van der Waals surface area contributed by atoms with Crippen LogP contribution in [0.1, 0.15) is 32.3 Å². The molecule has 0 aliphatic heterocycles. The van der Waals surface area contributed by atoms with Crippen LogP contribution in [0.5, 0.6) is 0 Å². The molecule has 0 saturated heterocycles. The first-order chi connectivity index (χ1) is 8.82. The van der Waals surface area contributed by atoms with Gasteiger partial charge in [0.25, 0.3) is 0 Å².